The molecule has 1 unspecified atom stereocenters. The summed E-state index contributed by atoms with van der Waals surface area (Å²) in [4.78, 5) is 25.9. The minimum Gasteiger partial charge on any atom is -0.507 e. The summed E-state index contributed by atoms with van der Waals surface area (Å²) in [5, 5.41) is 12.3. The highest BCUT2D eigenvalue weighted by atomic mass is 16.5. The van der Waals surface area contributed by atoms with Gasteiger partial charge in [-0.25, -0.2) is 0 Å². The van der Waals surface area contributed by atoms with Crippen LogP contribution in [0, 0.1) is 0 Å². The number of ether oxygens (including phenoxy) is 1. The number of phenols is 1. The minimum absolute atomic E-state index is 0.0774. The molecule has 1 aromatic carbocycles. The smallest absolute Gasteiger partial charge is 0.255 e. The van der Waals surface area contributed by atoms with Crippen molar-refractivity contribution in [1.29, 1.82) is 0 Å². The molecular weight excluding hydrogens is 272 g/mol. The van der Waals surface area contributed by atoms with Gasteiger partial charge in [-0.05, 0) is 39.0 Å². The third kappa shape index (κ3) is 4.11. The fourth-order valence-corrected chi connectivity index (χ4v) is 1.97. The molecule has 0 aliphatic carbocycles. The molecule has 0 radical (unpaired) electrons. The van der Waals surface area contributed by atoms with Gasteiger partial charge < -0.3 is 20.1 Å². The van der Waals surface area contributed by atoms with Crippen LogP contribution in [0.15, 0.2) is 18.2 Å². The molecule has 6 heteroatoms. The molecule has 0 saturated carbocycles. The predicted molar refractivity (Wildman–Crippen MR) is 79.5 cm³/mol. The first-order valence-electron chi connectivity index (χ1n) is 6.91. The van der Waals surface area contributed by atoms with E-state index in [4.69, 9.17) is 4.74 Å². The molecule has 21 heavy (non-hydrogen) atoms. The van der Waals surface area contributed by atoms with Crippen LogP contribution in [-0.4, -0.2) is 48.1 Å². The number of carbonyl (C=O) groups is 2. The molecule has 0 spiro atoms. The van der Waals surface area contributed by atoms with E-state index in [1.54, 1.807) is 17.9 Å². The Morgan fingerprint density at radius 1 is 1.33 bits per heavy atom. The molecule has 0 aliphatic rings. The van der Waals surface area contributed by atoms with Gasteiger partial charge in [-0.3, -0.25) is 9.59 Å². The Hall–Kier alpha value is -2.24. The van der Waals surface area contributed by atoms with Crippen molar-refractivity contribution in [3.63, 3.8) is 0 Å². The van der Waals surface area contributed by atoms with E-state index in [2.05, 4.69) is 5.32 Å². The first kappa shape index (κ1) is 16.8. The zero-order valence-corrected chi connectivity index (χ0v) is 12.8. The average molecular weight is 294 g/mol. The highest BCUT2D eigenvalue weighted by Gasteiger charge is 2.22. The quantitative estimate of drug-likeness (QED) is 0.831. The zero-order chi connectivity index (χ0) is 16.0. The average Bonchev–Trinajstić information content (AvgIpc) is 2.48. The Balaban J connectivity index is 2.83. The molecule has 2 N–H and O–H groups in total. The van der Waals surface area contributed by atoms with Gasteiger partial charge in [0.15, 0.2) is 0 Å². The number of rotatable bonds is 6. The monoisotopic (exact) mass is 294 g/mol. The number of aromatic hydroxyl groups is 1. The number of nitrogens with one attached hydrogen (secondary N) is 1. The maximum absolute atomic E-state index is 12.2. The molecule has 0 saturated heterocycles. The molecule has 6 nitrogen and oxygen atoms in total. The molecule has 1 rings (SSSR count). The topological polar surface area (TPSA) is 78.9 Å². The second-order valence-electron chi connectivity index (χ2n) is 4.59. The molecule has 0 aliphatic heterocycles. The van der Waals surface area contributed by atoms with Gasteiger partial charge in [-0.1, -0.05) is 0 Å². The molecule has 1 atom stereocenters. The largest absolute Gasteiger partial charge is 0.507 e. The minimum atomic E-state index is -0.664. The van der Waals surface area contributed by atoms with Crippen molar-refractivity contribution >= 4 is 11.8 Å². The summed E-state index contributed by atoms with van der Waals surface area (Å²) in [7, 11) is 1.47. The second-order valence-corrected chi connectivity index (χ2v) is 4.59. The number of nitrogens with zero attached hydrogens (tertiary/aromatic N) is 1. The van der Waals surface area contributed by atoms with Crippen LogP contribution < -0.4 is 10.1 Å². The maximum atomic E-state index is 12.2. The van der Waals surface area contributed by atoms with Crippen molar-refractivity contribution in [2.24, 2.45) is 0 Å². The van der Waals surface area contributed by atoms with Crippen molar-refractivity contribution in [3.05, 3.63) is 23.8 Å². The van der Waals surface area contributed by atoms with Crippen LogP contribution >= 0.6 is 0 Å². The number of carbonyl (C=O) groups excluding carboxylic acids is 2. The van der Waals surface area contributed by atoms with Crippen LogP contribution in [0.1, 0.15) is 31.1 Å². The van der Waals surface area contributed by atoms with Gasteiger partial charge in [-0.2, -0.15) is 0 Å². The summed E-state index contributed by atoms with van der Waals surface area (Å²) >= 11 is 0. The maximum Gasteiger partial charge on any atom is 0.255 e. The standard InChI is InChI=1S/C15H22N2O4/c1-5-17(6-2)15(20)10(3)16-14(19)12-9-11(21-4)7-8-13(12)18/h7-10,18H,5-6H2,1-4H3,(H,16,19). The summed E-state index contributed by atoms with van der Waals surface area (Å²) in [6.07, 6.45) is 0. The molecule has 116 valence electrons. The van der Waals surface area contributed by atoms with Gasteiger partial charge >= 0.3 is 0 Å². The fraction of sp³-hybridized carbons (Fsp3) is 0.467. The lowest BCUT2D eigenvalue weighted by Gasteiger charge is -2.23. The van der Waals surface area contributed by atoms with Crippen LogP contribution in [0.25, 0.3) is 0 Å². The summed E-state index contributed by atoms with van der Waals surface area (Å²) < 4.78 is 5.02. The van der Waals surface area contributed by atoms with Gasteiger partial charge in [0.25, 0.3) is 5.91 Å². The Morgan fingerprint density at radius 2 is 1.95 bits per heavy atom. The van der Waals surface area contributed by atoms with Gasteiger partial charge in [0.1, 0.15) is 17.5 Å². The molecular formula is C15H22N2O4. The number of hydrogen-bond donors (Lipinski definition) is 2. The third-order valence-electron chi connectivity index (χ3n) is 3.24. The first-order valence-corrected chi connectivity index (χ1v) is 6.91. The summed E-state index contributed by atoms with van der Waals surface area (Å²) in [5.41, 5.74) is 0.0774. The van der Waals surface area contributed by atoms with Crippen LogP contribution in [0.5, 0.6) is 11.5 Å². The van der Waals surface area contributed by atoms with Gasteiger partial charge in [0, 0.05) is 13.1 Å². The fourth-order valence-electron chi connectivity index (χ4n) is 1.97. The normalized spacial score (nSPS) is 11.6. The van der Waals surface area contributed by atoms with Crippen molar-refractivity contribution in [2.45, 2.75) is 26.8 Å². The molecule has 0 fully saturated rings. The lowest BCUT2D eigenvalue weighted by atomic mass is 10.1. The van der Waals surface area contributed by atoms with Gasteiger partial charge in [0.2, 0.25) is 5.91 Å². The Bertz CT molecular complexity index is 512. The molecule has 1 aromatic rings. The van der Waals surface area contributed by atoms with Crippen LogP contribution in [-0.2, 0) is 4.79 Å². The van der Waals surface area contributed by atoms with Crippen molar-refractivity contribution in [3.8, 4) is 11.5 Å². The van der Waals surface area contributed by atoms with E-state index in [0.717, 1.165) is 0 Å². The van der Waals surface area contributed by atoms with E-state index in [-0.39, 0.29) is 17.2 Å². The molecule has 0 aromatic heterocycles. The summed E-state index contributed by atoms with van der Waals surface area (Å²) in [5.74, 6) is -0.369. The number of amides is 2. The van der Waals surface area contributed by atoms with E-state index in [0.29, 0.717) is 18.8 Å². The Labute approximate surface area is 124 Å². The zero-order valence-electron chi connectivity index (χ0n) is 12.8. The lowest BCUT2D eigenvalue weighted by Crippen LogP contribution is -2.46. The first-order chi connectivity index (χ1) is 9.94. The number of hydrogen-bond acceptors (Lipinski definition) is 4. The summed E-state index contributed by atoms with van der Waals surface area (Å²) in [6, 6.07) is 3.70. The molecule has 0 heterocycles. The van der Waals surface area contributed by atoms with Crippen LogP contribution in [0.3, 0.4) is 0 Å². The van der Waals surface area contributed by atoms with Crippen LogP contribution in [0.4, 0.5) is 0 Å². The van der Waals surface area contributed by atoms with E-state index < -0.39 is 11.9 Å². The molecule has 0 bridgehead atoms. The van der Waals surface area contributed by atoms with Crippen LogP contribution in [0.2, 0.25) is 0 Å². The van der Waals surface area contributed by atoms with E-state index in [1.165, 1.54) is 19.2 Å². The second kappa shape index (κ2) is 7.52. The van der Waals surface area contributed by atoms with E-state index in [9.17, 15) is 14.7 Å². The highest BCUT2D eigenvalue weighted by molar-refractivity contribution is 5.99. The number of likely N-dealkylation sites (N-methyl/N-ethyl adjacent to an activating group) is 1. The third-order valence-corrected chi connectivity index (χ3v) is 3.24. The van der Waals surface area contributed by atoms with Gasteiger partial charge in [0.05, 0.1) is 12.7 Å². The van der Waals surface area contributed by atoms with Gasteiger partial charge in [-0.15, -0.1) is 0 Å². The highest BCUT2D eigenvalue weighted by Crippen LogP contribution is 2.22. The van der Waals surface area contributed by atoms with Crippen molar-refractivity contribution in [2.75, 3.05) is 20.2 Å². The van der Waals surface area contributed by atoms with Crippen molar-refractivity contribution in [1.82, 2.24) is 10.2 Å². The Morgan fingerprint density at radius 3 is 2.48 bits per heavy atom. The molecule has 2 amide bonds. The number of phenolic OH excluding ortho intramolecular Hbond substituents is 1. The predicted octanol–water partition coefficient (Wildman–Crippen LogP) is 1.39. The van der Waals surface area contributed by atoms with Crippen molar-refractivity contribution < 1.29 is 19.4 Å². The lowest BCUT2D eigenvalue weighted by molar-refractivity contribution is -0.132. The van der Waals surface area contributed by atoms with E-state index in [1.807, 2.05) is 13.8 Å². The number of benzene rings is 1. The Kier molecular flexibility index (Phi) is 6.02. The SMILES string of the molecule is CCN(CC)C(=O)C(C)NC(=O)c1cc(OC)ccc1O. The van der Waals surface area contributed by atoms with E-state index >= 15 is 0 Å². The number of methoxy groups -OCH3 is 1. The summed E-state index contributed by atoms with van der Waals surface area (Å²) in [6.45, 7) is 6.54.